The molecule has 1 N–H and O–H groups in total. The molecular formula is C18H23NO. The van der Waals surface area contributed by atoms with Crippen molar-refractivity contribution in [2.45, 2.75) is 33.3 Å². The number of benzene rings is 2. The van der Waals surface area contributed by atoms with Gasteiger partial charge >= 0.3 is 0 Å². The molecule has 0 aliphatic carbocycles. The Kier molecular flexibility index (Phi) is 4.46. The molecule has 0 radical (unpaired) electrons. The van der Waals surface area contributed by atoms with E-state index in [1.54, 1.807) is 0 Å². The number of rotatable bonds is 4. The zero-order valence-corrected chi connectivity index (χ0v) is 12.7. The molecule has 2 heteroatoms. The normalized spacial score (nSPS) is 12.2. The van der Waals surface area contributed by atoms with Crippen molar-refractivity contribution >= 4 is 11.4 Å². The highest BCUT2D eigenvalue weighted by atomic mass is 16.3. The van der Waals surface area contributed by atoms with Crippen molar-refractivity contribution in [1.82, 2.24) is 0 Å². The van der Waals surface area contributed by atoms with Crippen LogP contribution in [0.15, 0.2) is 42.5 Å². The molecule has 2 aromatic rings. The van der Waals surface area contributed by atoms with E-state index >= 15 is 0 Å². The van der Waals surface area contributed by atoms with Crippen LogP contribution in [-0.2, 0) is 0 Å². The highest BCUT2D eigenvalue weighted by Gasteiger charge is 2.09. The van der Waals surface area contributed by atoms with E-state index in [1.165, 1.54) is 16.8 Å². The molecule has 2 nitrogen and oxygen atoms in total. The van der Waals surface area contributed by atoms with Crippen molar-refractivity contribution in [2.24, 2.45) is 0 Å². The topological polar surface area (TPSA) is 23.5 Å². The molecule has 0 heterocycles. The van der Waals surface area contributed by atoms with Gasteiger partial charge in [-0.1, -0.05) is 36.8 Å². The molecule has 0 spiro atoms. The molecule has 2 rings (SSSR count). The molecule has 2 aromatic carbocycles. The Morgan fingerprint density at radius 3 is 2.25 bits per heavy atom. The molecule has 0 saturated heterocycles. The second-order valence-corrected chi connectivity index (χ2v) is 5.36. The molecule has 0 saturated carbocycles. The summed E-state index contributed by atoms with van der Waals surface area (Å²) in [7, 11) is 2.07. The maximum atomic E-state index is 9.84. The minimum atomic E-state index is -0.365. The molecule has 0 aliphatic heterocycles. The summed E-state index contributed by atoms with van der Waals surface area (Å²) in [6, 6.07) is 14.6. The third-order valence-corrected chi connectivity index (χ3v) is 3.77. The first-order chi connectivity index (χ1) is 9.52. The number of aliphatic hydroxyl groups is 1. The molecule has 20 heavy (non-hydrogen) atoms. The van der Waals surface area contributed by atoms with Crippen molar-refractivity contribution in [1.29, 1.82) is 0 Å². The summed E-state index contributed by atoms with van der Waals surface area (Å²) in [6.07, 6.45) is 0.377. The van der Waals surface area contributed by atoms with Crippen LogP contribution in [0.2, 0.25) is 0 Å². The summed E-state index contributed by atoms with van der Waals surface area (Å²) in [4.78, 5) is 2.18. The molecule has 0 fully saturated rings. The summed E-state index contributed by atoms with van der Waals surface area (Å²) in [5, 5.41) is 9.84. The highest BCUT2D eigenvalue weighted by molar-refractivity contribution is 5.66. The van der Waals surface area contributed by atoms with E-state index in [1.807, 2.05) is 19.1 Å². The standard InChI is InChI=1S/C18H23NO/c1-5-18(20)15-7-9-16(10-8-15)19(4)17-11-6-13(2)12-14(17)3/h6-12,18,20H,5H2,1-4H3/t18-/m1/s1. The van der Waals surface area contributed by atoms with Crippen LogP contribution in [0.4, 0.5) is 11.4 Å². The van der Waals surface area contributed by atoms with Gasteiger partial charge in [0.25, 0.3) is 0 Å². The van der Waals surface area contributed by atoms with Crippen LogP contribution in [0.5, 0.6) is 0 Å². The van der Waals surface area contributed by atoms with Crippen LogP contribution in [0.1, 0.15) is 36.1 Å². The number of anilines is 2. The Bertz CT molecular complexity index is 574. The highest BCUT2D eigenvalue weighted by Crippen LogP contribution is 2.28. The number of aryl methyl sites for hydroxylation is 2. The number of hydrogen-bond acceptors (Lipinski definition) is 2. The van der Waals surface area contributed by atoms with Gasteiger partial charge in [-0.15, -0.1) is 0 Å². The molecule has 0 aromatic heterocycles. The molecule has 106 valence electrons. The van der Waals surface area contributed by atoms with Gasteiger partial charge in [-0.2, -0.15) is 0 Å². The first kappa shape index (κ1) is 14.6. The van der Waals surface area contributed by atoms with Crippen LogP contribution in [-0.4, -0.2) is 12.2 Å². The first-order valence-corrected chi connectivity index (χ1v) is 7.12. The molecule has 0 bridgehead atoms. The predicted molar refractivity (Wildman–Crippen MR) is 85.7 cm³/mol. The van der Waals surface area contributed by atoms with Crippen LogP contribution in [0.3, 0.4) is 0 Å². The predicted octanol–water partition coefficient (Wildman–Crippen LogP) is 4.51. The van der Waals surface area contributed by atoms with Crippen molar-refractivity contribution in [3.8, 4) is 0 Å². The van der Waals surface area contributed by atoms with E-state index in [0.717, 1.165) is 17.7 Å². The number of nitrogens with zero attached hydrogens (tertiary/aromatic N) is 1. The first-order valence-electron chi connectivity index (χ1n) is 7.12. The van der Waals surface area contributed by atoms with E-state index in [0.29, 0.717) is 0 Å². The Morgan fingerprint density at radius 1 is 1.05 bits per heavy atom. The van der Waals surface area contributed by atoms with Crippen LogP contribution in [0, 0.1) is 13.8 Å². The van der Waals surface area contributed by atoms with Gasteiger partial charge < -0.3 is 10.0 Å². The van der Waals surface area contributed by atoms with Gasteiger partial charge in [0.05, 0.1) is 6.10 Å². The average Bonchev–Trinajstić information content (AvgIpc) is 2.46. The lowest BCUT2D eigenvalue weighted by molar-refractivity contribution is 0.173. The van der Waals surface area contributed by atoms with Gasteiger partial charge in [-0.25, -0.2) is 0 Å². The fourth-order valence-electron chi connectivity index (χ4n) is 2.48. The summed E-state index contributed by atoms with van der Waals surface area (Å²) >= 11 is 0. The maximum Gasteiger partial charge on any atom is 0.0787 e. The lowest BCUT2D eigenvalue weighted by atomic mass is 10.1. The summed E-state index contributed by atoms with van der Waals surface area (Å²) in [5.41, 5.74) is 5.86. The largest absolute Gasteiger partial charge is 0.388 e. The minimum absolute atomic E-state index is 0.365. The Labute approximate surface area is 121 Å². The van der Waals surface area contributed by atoms with Gasteiger partial charge in [-0.05, 0) is 49.6 Å². The third-order valence-electron chi connectivity index (χ3n) is 3.77. The van der Waals surface area contributed by atoms with Gasteiger partial charge in [0.2, 0.25) is 0 Å². The SMILES string of the molecule is CC[C@@H](O)c1ccc(N(C)c2ccc(C)cc2C)cc1. The van der Waals surface area contributed by atoms with Crippen LogP contribution < -0.4 is 4.90 Å². The zero-order chi connectivity index (χ0) is 14.7. The van der Waals surface area contributed by atoms with Gasteiger partial charge in [-0.3, -0.25) is 0 Å². The minimum Gasteiger partial charge on any atom is -0.388 e. The summed E-state index contributed by atoms with van der Waals surface area (Å²) in [5.74, 6) is 0. The van der Waals surface area contributed by atoms with Crippen molar-refractivity contribution in [2.75, 3.05) is 11.9 Å². The monoisotopic (exact) mass is 269 g/mol. The van der Waals surface area contributed by atoms with E-state index in [4.69, 9.17) is 0 Å². The number of aliphatic hydroxyl groups excluding tert-OH is 1. The van der Waals surface area contributed by atoms with E-state index in [-0.39, 0.29) is 6.10 Å². The molecule has 1 atom stereocenters. The lowest BCUT2D eigenvalue weighted by Gasteiger charge is -2.22. The number of hydrogen-bond donors (Lipinski definition) is 1. The maximum absolute atomic E-state index is 9.84. The fourth-order valence-corrected chi connectivity index (χ4v) is 2.48. The molecule has 0 unspecified atom stereocenters. The summed E-state index contributed by atoms with van der Waals surface area (Å²) in [6.45, 7) is 6.23. The van der Waals surface area contributed by atoms with Gasteiger partial charge in [0.15, 0.2) is 0 Å². The van der Waals surface area contributed by atoms with E-state index in [2.05, 4.69) is 56.1 Å². The van der Waals surface area contributed by atoms with Gasteiger partial charge in [0.1, 0.15) is 0 Å². The Morgan fingerprint density at radius 2 is 1.70 bits per heavy atom. The lowest BCUT2D eigenvalue weighted by Crippen LogP contribution is -2.11. The third kappa shape index (κ3) is 3.02. The second-order valence-electron chi connectivity index (χ2n) is 5.36. The zero-order valence-electron chi connectivity index (χ0n) is 12.7. The quantitative estimate of drug-likeness (QED) is 0.882. The van der Waals surface area contributed by atoms with Crippen LogP contribution in [0.25, 0.3) is 0 Å². The Balaban J connectivity index is 2.26. The smallest absolute Gasteiger partial charge is 0.0787 e. The molecule has 0 aliphatic rings. The van der Waals surface area contributed by atoms with Gasteiger partial charge in [0, 0.05) is 18.4 Å². The van der Waals surface area contributed by atoms with Crippen molar-refractivity contribution in [3.05, 3.63) is 59.2 Å². The van der Waals surface area contributed by atoms with E-state index < -0.39 is 0 Å². The second kappa shape index (κ2) is 6.10. The summed E-state index contributed by atoms with van der Waals surface area (Å²) < 4.78 is 0. The van der Waals surface area contributed by atoms with E-state index in [9.17, 15) is 5.11 Å². The fraction of sp³-hybridized carbons (Fsp3) is 0.333. The van der Waals surface area contributed by atoms with Crippen molar-refractivity contribution < 1.29 is 5.11 Å². The van der Waals surface area contributed by atoms with Crippen LogP contribution >= 0.6 is 0 Å². The average molecular weight is 269 g/mol. The molecule has 0 amide bonds. The van der Waals surface area contributed by atoms with Crippen molar-refractivity contribution in [3.63, 3.8) is 0 Å². The Hall–Kier alpha value is -1.80. The molecular weight excluding hydrogens is 246 g/mol.